The van der Waals surface area contributed by atoms with Gasteiger partial charge in [0.05, 0.1) is 6.04 Å². The van der Waals surface area contributed by atoms with E-state index in [4.69, 9.17) is 16.3 Å². The van der Waals surface area contributed by atoms with E-state index >= 15 is 0 Å². The first-order chi connectivity index (χ1) is 11.6. The molecular weight excluding hydrogens is 322 g/mol. The number of halogens is 1. The van der Waals surface area contributed by atoms with Gasteiger partial charge in [-0.1, -0.05) is 41.9 Å². The van der Waals surface area contributed by atoms with E-state index in [0.29, 0.717) is 17.2 Å². The standard InChI is InChI=1S/C20H18ClNO2/c1-14(22-20(23)16-6-9-18(21)10-7-16)13-24-19-11-8-15-4-2-3-5-17(15)12-19/h2-12,14H,13H2,1H3,(H,22,23). The molecule has 1 atom stereocenters. The number of ether oxygens (including phenoxy) is 1. The van der Waals surface area contributed by atoms with E-state index < -0.39 is 0 Å². The zero-order valence-electron chi connectivity index (χ0n) is 13.3. The molecule has 1 N–H and O–H groups in total. The van der Waals surface area contributed by atoms with E-state index in [1.807, 2.05) is 43.3 Å². The summed E-state index contributed by atoms with van der Waals surface area (Å²) in [7, 11) is 0. The minimum absolute atomic E-state index is 0.111. The zero-order chi connectivity index (χ0) is 16.9. The third kappa shape index (κ3) is 4.06. The monoisotopic (exact) mass is 339 g/mol. The fourth-order valence-corrected chi connectivity index (χ4v) is 2.55. The van der Waals surface area contributed by atoms with Crippen LogP contribution in [0, 0.1) is 0 Å². The highest BCUT2D eigenvalue weighted by molar-refractivity contribution is 6.30. The molecule has 122 valence electrons. The minimum atomic E-state index is -0.138. The summed E-state index contributed by atoms with van der Waals surface area (Å²) in [6, 6.07) is 20.8. The third-order valence-electron chi connectivity index (χ3n) is 3.70. The summed E-state index contributed by atoms with van der Waals surface area (Å²) in [5.74, 6) is 0.655. The number of carbonyl (C=O) groups is 1. The number of hydrogen-bond acceptors (Lipinski definition) is 2. The lowest BCUT2D eigenvalue weighted by atomic mass is 10.1. The van der Waals surface area contributed by atoms with Crippen LogP contribution in [-0.4, -0.2) is 18.6 Å². The molecule has 0 saturated heterocycles. The Labute approximate surface area is 146 Å². The topological polar surface area (TPSA) is 38.3 Å². The summed E-state index contributed by atoms with van der Waals surface area (Å²) < 4.78 is 5.80. The average Bonchev–Trinajstić information content (AvgIpc) is 2.60. The van der Waals surface area contributed by atoms with E-state index in [1.54, 1.807) is 24.3 Å². The Kier molecular flexibility index (Phi) is 5.02. The number of benzene rings is 3. The number of rotatable bonds is 5. The molecule has 0 heterocycles. The Balaban J connectivity index is 1.57. The van der Waals surface area contributed by atoms with Crippen LogP contribution in [-0.2, 0) is 0 Å². The van der Waals surface area contributed by atoms with Gasteiger partial charge in [0.2, 0.25) is 0 Å². The maximum Gasteiger partial charge on any atom is 0.251 e. The number of fused-ring (bicyclic) bond motifs is 1. The first-order valence-electron chi connectivity index (χ1n) is 7.80. The Hall–Kier alpha value is -2.52. The highest BCUT2D eigenvalue weighted by atomic mass is 35.5. The van der Waals surface area contributed by atoms with Gasteiger partial charge in [0, 0.05) is 10.6 Å². The van der Waals surface area contributed by atoms with Crippen LogP contribution < -0.4 is 10.1 Å². The van der Waals surface area contributed by atoms with Crippen LogP contribution in [0.3, 0.4) is 0 Å². The van der Waals surface area contributed by atoms with E-state index in [0.717, 1.165) is 11.1 Å². The van der Waals surface area contributed by atoms with E-state index in [2.05, 4.69) is 11.4 Å². The van der Waals surface area contributed by atoms with Crippen LogP contribution in [0.5, 0.6) is 5.75 Å². The Morgan fingerprint density at radius 2 is 1.75 bits per heavy atom. The largest absolute Gasteiger partial charge is 0.491 e. The first-order valence-corrected chi connectivity index (χ1v) is 8.17. The molecule has 3 nitrogen and oxygen atoms in total. The molecule has 0 spiro atoms. The molecule has 24 heavy (non-hydrogen) atoms. The molecule has 3 aromatic rings. The third-order valence-corrected chi connectivity index (χ3v) is 3.96. The Morgan fingerprint density at radius 1 is 1.04 bits per heavy atom. The molecule has 0 radical (unpaired) electrons. The smallest absolute Gasteiger partial charge is 0.251 e. The van der Waals surface area contributed by atoms with Gasteiger partial charge in [0.15, 0.2) is 0 Å². The molecule has 1 unspecified atom stereocenters. The van der Waals surface area contributed by atoms with Crippen LogP contribution in [0.4, 0.5) is 0 Å². The van der Waals surface area contributed by atoms with Crippen molar-refractivity contribution in [2.45, 2.75) is 13.0 Å². The highest BCUT2D eigenvalue weighted by Gasteiger charge is 2.10. The molecule has 0 aliphatic carbocycles. The number of nitrogens with one attached hydrogen (secondary N) is 1. The van der Waals surface area contributed by atoms with Gasteiger partial charge in [-0.3, -0.25) is 4.79 Å². The lowest BCUT2D eigenvalue weighted by molar-refractivity contribution is 0.0926. The predicted octanol–water partition coefficient (Wildman–Crippen LogP) is 4.69. The van der Waals surface area contributed by atoms with Gasteiger partial charge in [-0.2, -0.15) is 0 Å². The van der Waals surface area contributed by atoms with Gasteiger partial charge in [-0.15, -0.1) is 0 Å². The average molecular weight is 340 g/mol. The molecule has 0 aromatic heterocycles. The van der Waals surface area contributed by atoms with Crippen molar-refractivity contribution in [2.24, 2.45) is 0 Å². The van der Waals surface area contributed by atoms with Crippen molar-refractivity contribution in [3.8, 4) is 5.75 Å². The SMILES string of the molecule is CC(COc1ccc2ccccc2c1)NC(=O)c1ccc(Cl)cc1. The number of hydrogen-bond donors (Lipinski definition) is 1. The first kappa shape index (κ1) is 16.3. The molecule has 0 fully saturated rings. The molecule has 0 aliphatic rings. The number of carbonyl (C=O) groups excluding carboxylic acids is 1. The summed E-state index contributed by atoms with van der Waals surface area (Å²) >= 11 is 5.83. The van der Waals surface area contributed by atoms with Crippen LogP contribution in [0.2, 0.25) is 5.02 Å². The molecule has 3 aromatic carbocycles. The second-order valence-corrected chi connectivity index (χ2v) is 6.14. The summed E-state index contributed by atoms with van der Waals surface area (Å²) in [6.07, 6.45) is 0. The summed E-state index contributed by atoms with van der Waals surface area (Å²) in [5, 5.41) is 5.83. The Bertz CT molecular complexity index is 846. The minimum Gasteiger partial charge on any atom is -0.491 e. The fraction of sp³-hybridized carbons (Fsp3) is 0.150. The summed E-state index contributed by atoms with van der Waals surface area (Å²) in [5.41, 5.74) is 0.581. The van der Waals surface area contributed by atoms with Crippen molar-refractivity contribution in [3.05, 3.63) is 77.3 Å². The molecule has 0 bridgehead atoms. The van der Waals surface area contributed by atoms with Crippen LogP contribution >= 0.6 is 11.6 Å². The van der Waals surface area contributed by atoms with Crippen molar-refractivity contribution in [2.75, 3.05) is 6.61 Å². The van der Waals surface area contributed by atoms with Crippen molar-refractivity contribution < 1.29 is 9.53 Å². The molecule has 0 saturated carbocycles. The van der Waals surface area contributed by atoms with Crippen molar-refractivity contribution >= 4 is 28.3 Å². The normalized spacial score (nSPS) is 11.9. The van der Waals surface area contributed by atoms with E-state index in [1.165, 1.54) is 5.39 Å². The maximum atomic E-state index is 12.1. The van der Waals surface area contributed by atoms with Crippen LogP contribution in [0.15, 0.2) is 66.7 Å². The van der Waals surface area contributed by atoms with Gasteiger partial charge in [-0.05, 0) is 54.1 Å². The second-order valence-electron chi connectivity index (χ2n) is 5.70. The van der Waals surface area contributed by atoms with Gasteiger partial charge >= 0.3 is 0 Å². The van der Waals surface area contributed by atoms with Crippen molar-refractivity contribution in [1.82, 2.24) is 5.32 Å². The van der Waals surface area contributed by atoms with E-state index in [9.17, 15) is 4.79 Å². The van der Waals surface area contributed by atoms with Crippen LogP contribution in [0.1, 0.15) is 17.3 Å². The van der Waals surface area contributed by atoms with Crippen molar-refractivity contribution in [3.63, 3.8) is 0 Å². The van der Waals surface area contributed by atoms with E-state index in [-0.39, 0.29) is 11.9 Å². The quantitative estimate of drug-likeness (QED) is 0.732. The van der Waals surface area contributed by atoms with Gasteiger partial charge < -0.3 is 10.1 Å². The summed E-state index contributed by atoms with van der Waals surface area (Å²) in [6.45, 7) is 2.31. The highest BCUT2D eigenvalue weighted by Crippen LogP contribution is 2.20. The predicted molar refractivity (Wildman–Crippen MR) is 97.8 cm³/mol. The lowest BCUT2D eigenvalue weighted by Gasteiger charge is -2.15. The van der Waals surface area contributed by atoms with Gasteiger partial charge in [-0.25, -0.2) is 0 Å². The van der Waals surface area contributed by atoms with Crippen molar-refractivity contribution in [1.29, 1.82) is 0 Å². The van der Waals surface area contributed by atoms with Gasteiger partial charge in [0.25, 0.3) is 5.91 Å². The number of amides is 1. The Morgan fingerprint density at radius 3 is 2.50 bits per heavy atom. The van der Waals surface area contributed by atoms with Gasteiger partial charge in [0.1, 0.15) is 12.4 Å². The zero-order valence-corrected chi connectivity index (χ0v) is 14.1. The summed E-state index contributed by atoms with van der Waals surface area (Å²) in [4.78, 5) is 12.1. The maximum absolute atomic E-state index is 12.1. The lowest BCUT2D eigenvalue weighted by Crippen LogP contribution is -2.36. The van der Waals surface area contributed by atoms with Crippen LogP contribution in [0.25, 0.3) is 10.8 Å². The fourth-order valence-electron chi connectivity index (χ4n) is 2.43. The molecule has 1 amide bonds. The molecule has 3 rings (SSSR count). The molecular formula is C20H18ClNO2. The second kappa shape index (κ2) is 7.37. The molecule has 4 heteroatoms. The molecule has 0 aliphatic heterocycles.